The van der Waals surface area contributed by atoms with E-state index in [1.165, 1.54) is 31.4 Å². The molecule has 0 radical (unpaired) electrons. The largest absolute Gasteiger partial charge is 0.416 e. The SMILES string of the molecule is CN(C(=O)[C@@H](N)c1ccc(C(F)(F)F)cc1)[C@@H]1CCCC[C@H]1N1CCCC1.Cl. The van der Waals surface area contributed by atoms with Crippen LogP contribution < -0.4 is 5.73 Å². The fourth-order valence-electron chi connectivity index (χ4n) is 4.45. The van der Waals surface area contributed by atoms with Gasteiger partial charge < -0.3 is 10.6 Å². The van der Waals surface area contributed by atoms with Crippen LogP contribution in [0.25, 0.3) is 0 Å². The summed E-state index contributed by atoms with van der Waals surface area (Å²) in [7, 11) is 1.78. The summed E-state index contributed by atoms with van der Waals surface area (Å²) in [5, 5.41) is 0. The standard InChI is InChI=1S/C20H28F3N3O.ClH/c1-25(16-6-2-3-7-17(16)26-12-4-5-13-26)19(27)18(24)14-8-10-15(11-9-14)20(21,22)23;/h8-11,16-18H,2-7,12-13,24H2,1H3;1H/t16-,17-,18+;/m1./s1. The Bertz CT molecular complexity index is 647. The van der Waals surface area contributed by atoms with Gasteiger partial charge in [-0.15, -0.1) is 12.4 Å². The molecule has 1 aliphatic carbocycles. The second-order valence-electron chi connectivity index (χ2n) is 7.71. The van der Waals surface area contributed by atoms with Gasteiger partial charge in [-0.05, 0) is 56.5 Å². The predicted octanol–water partition coefficient (Wildman–Crippen LogP) is 3.99. The Kier molecular flexibility index (Phi) is 7.76. The third-order valence-corrected chi connectivity index (χ3v) is 6.01. The van der Waals surface area contributed by atoms with Gasteiger partial charge in [0.1, 0.15) is 6.04 Å². The summed E-state index contributed by atoms with van der Waals surface area (Å²) in [5.74, 6) is -0.231. The van der Waals surface area contributed by atoms with Crippen molar-refractivity contribution in [3.63, 3.8) is 0 Å². The molecule has 1 aliphatic heterocycles. The van der Waals surface area contributed by atoms with Crippen molar-refractivity contribution in [1.29, 1.82) is 0 Å². The molecule has 0 aromatic heterocycles. The van der Waals surface area contributed by atoms with Crippen molar-refractivity contribution in [3.8, 4) is 0 Å². The third kappa shape index (κ3) is 4.99. The molecule has 4 nitrogen and oxygen atoms in total. The Hall–Kier alpha value is -1.31. The average molecular weight is 420 g/mol. The van der Waals surface area contributed by atoms with Gasteiger partial charge in [0, 0.05) is 19.1 Å². The van der Waals surface area contributed by atoms with E-state index in [1.807, 2.05) is 0 Å². The number of carbonyl (C=O) groups excluding carboxylic acids is 1. The summed E-state index contributed by atoms with van der Waals surface area (Å²) >= 11 is 0. The molecule has 1 saturated heterocycles. The van der Waals surface area contributed by atoms with Crippen molar-refractivity contribution in [2.75, 3.05) is 20.1 Å². The van der Waals surface area contributed by atoms with Crippen molar-refractivity contribution < 1.29 is 18.0 Å². The lowest BCUT2D eigenvalue weighted by Crippen LogP contribution is -2.54. The highest BCUT2D eigenvalue weighted by atomic mass is 35.5. The number of alkyl halides is 3. The maximum absolute atomic E-state index is 12.9. The Morgan fingerprint density at radius 2 is 1.68 bits per heavy atom. The number of carbonyl (C=O) groups is 1. The molecule has 3 atom stereocenters. The van der Waals surface area contributed by atoms with E-state index < -0.39 is 17.8 Å². The first kappa shape index (κ1) is 23.0. The molecular formula is C20H29ClF3N3O. The average Bonchev–Trinajstić information content (AvgIpc) is 3.20. The maximum atomic E-state index is 12.9. The number of likely N-dealkylation sites (N-methyl/N-ethyl adjacent to an activating group) is 1. The normalized spacial score (nSPS) is 24.5. The van der Waals surface area contributed by atoms with Crippen LogP contribution in [-0.2, 0) is 11.0 Å². The summed E-state index contributed by atoms with van der Waals surface area (Å²) in [4.78, 5) is 17.2. The maximum Gasteiger partial charge on any atom is 0.416 e. The lowest BCUT2D eigenvalue weighted by Gasteiger charge is -2.43. The van der Waals surface area contributed by atoms with Gasteiger partial charge in [0.2, 0.25) is 5.91 Å². The highest BCUT2D eigenvalue weighted by molar-refractivity contribution is 5.85. The van der Waals surface area contributed by atoms with E-state index in [9.17, 15) is 18.0 Å². The summed E-state index contributed by atoms with van der Waals surface area (Å²) < 4.78 is 38.2. The Balaban J connectivity index is 0.00000280. The number of nitrogens with zero attached hydrogens (tertiary/aromatic N) is 2. The zero-order chi connectivity index (χ0) is 19.6. The zero-order valence-electron chi connectivity index (χ0n) is 16.1. The number of benzene rings is 1. The van der Waals surface area contributed by atoms with Gasteiger partial charge in [-0.1, -0.05) is 25.0 Å². The highest BCUT2D eigenvalue weighted by Crippen LogP contribution is 2.32. The first-order valence-corrected chi connectivity index (χ1v) is 9.72. The number of hydrogen-bond donors (Lipinski definition) is 1. The van der Waals surface area contributed by atoms with Crippen LogP contribution in [0.1, 0.15) is 55.7 Å². The van der Waals surface area contributed by atoms with E-state index >= 15 is 0 Å². The lowest BCUT2D eigenvalue weighted by atomic mass is 9.87. The van der Waals surface area contributed by atoms with Crippen molar-refractivity contribution in [3.05, 3.63) is 35.4 Å². The monoisotopic (exact) mass is 419 g/mol. The third-order valence-electron chi connectivity index (χ3n) is 6.01. The molecule has 1 heterocycles. The number of halogens is 4. The summed E-state index contributed by atoms with van der Waals surface area (Å²) in [6, 6.07) is 4.10. The van der Waals surface area contributed by atoms with Gasteiger partial charge in [-0.2, -0.15) is 13.2 Å². The Morgan fingerprint density at radius 1 is 1.11 bits per heavy atom. The van der Waals surface area contributed by atoms with Crippen LogP contribution in [-0.4, -0.2) is 47.9 Å². The van der Waals surface area contributed by atoms with Crippen molar-refractivity contribution in [2.45, 2.75) is 62.8 Å². The van der Waals surface area contributed by atoms with Crippen LogP contribution in [0.2, 0.25) is 0 Å². The minimum absolute atomic E-state index is 0. The molecule has 2 N–H and O–H groups in total. The lowest BCUT2D eigenvalue weighted by molar-refractivity contribution is -0.137. The molecule has 1 amide bonds. The van der Waals surface area contributed by atoms with Gasteiger partial charge in [0.05, 0.1) is 5.56 Å². The topological polar surface area (TPSA) is 49.6 Å². The number of rotatable bonds is 4. The van der Waals surface area contributed by atoms with E-state index in [0.717, 1.165) is 44.5 Å². The van der Waals surface area contributed by atoms with Crippen molar-refractivity contribution >= 4 is 18.3 Å². The molecule has 3 rings (SSSR count). The Morgan fingerprint density at radius 3 is 2.25 bits per heavy atom. The number of amides is 1. The first-order valence-electron chi connectivity index (χ1n) is 9.72. The second kappa shape index (κ2) is 9.46. The van der Waals surface area contributed by atoms with Gasteiger partial charge >= 0.3 is 6.18 Å². The fraction of sp³-hybridized carbons (Fsp3) is 0.650. The van der Waals surface area contributed by atoms with E-state index in [-0.39, 0.29) is 24.4 Å². The summed E-state index contributed by atoms with van der Waals surface area (Å²) in [6.45, 7) is 2.16. The highest BCUT2D eigenvalue weighted by Gasteiger charge is 2.37. The number of nitrogens with two attached hydrogens (primary N) is 1. The van der Waals surface area contributed by atoms with Crippen molar-refractivity contribution in [2.24, 2.45) is 5.73 Å². The van der Waals surface area contributed by atoms with Gasteiger partial charge in [-0.3, -0.25) is 9.69 Å². The van der Waals surface area contributed by atoms with Crippen LogP contribution in [0.4, 0.5) is 13.2 Å². The molecule has 28 heavy (non-hydrogen) atoms. The van der Waals surface area contributed by atoms with Crippen LogP contribution in [0, 0.1) is 0 Å². The zero-order valence-corrected chi connectivity index (χ0v) is 16.9. The fourth-order valence-corrected chi connectivity index (χ4v) is 4.45. The van der Waals surface area contributed by atoms with Crippen LogP contribution >= 0.6 is 12.4 Å². The number of hydrogen-bond acceptors (Lipinski definition) is 3. The van der Waals surface area contributed by atoms with Gasteiger partial charge in [-0.25, -0.2) is 0 Å². The molecule has 2 fully saturated rings. The minimum Gasteiger partial charge on any atom is -0.340 e. The van der Waals surface area contributed by atoms with E-state index in [4.69, 9.17) is 5.73 Å². The molecule has 1 aromatic rings. The summed E-state index contributed by atoms with van der Waals surface area (Å²) in [6.07, 6.45) is 2.29. The molecule has 1 aromatic carbocycles. The van der Waals surface area contributed by atoms with Crippen LogP contribution in [0.3, 0.4) is 0 Å². The van der Waals surface area contributed by atoms with Gasteiger partial charge in [0.25, 0.3) is 0 Å². The van der Waals surface area contributed by atoms with Crippen LogP contribution in [0.15, 0.2) is 24.3 Å². The predicted molar refractivity (Wildman–Crippen MR) is 105 cm³/mol. The molecule has 8 heteroatoms. The Labute approximate surface area is 170 Å². The van der Waals surface area contributed by atoms with Gasteiger partial charge in [0.15, 0.2) is 0 Å². The second-order valence-corrected chi connectivity index (χ2v) is 7.71. The minimum atomic E-state index is -4.39. The van der Waals surface area contributed by atoms with Crippen molar-refractivity contribution in [1.82, 2.24) is 9.80 Å². The van der Waals surface area contributed by atoms with Crippen LogP contribution in [0.5, 0.6) is 0 Å². The van der Waals surface area contributed by atoms with E-state index in [2.05, 4.69) is 4.90 Å². The molecule has 0 spiro atoms. The summed E-state index contributed by atoms with van der Waals surface area (Å²) in [5.41, 5.74) is 5.79. The molecule has 2 aliphatic rings. The molecular weight excluding hydrogens is 391 g/mol. The van der Waals surface area contributed by atoms with E-state index in [0.29, 0.717) is 11.6 Å². The molecule has 0 unspecified atom stereocenters. The molecule has 1 saturated carbocycles. The first-order chi connectivity index (χ1) is 12.8. The smallest absolute Gasteiger partial charge is 0.340 e. The quantitative estimate of drug-likeness (QED) is 0.802. The van der Waals surface area contributed by atoms with E-state index in [1.54, 1.807) is 11.9 Å². The number of likely N-dealkylation sites (tertiary alicyclic amines) is 1. The molecule has 0 bridgehead atoms. The molecule has 158 valence electrons.